The summed E-state index contributed by atoms with van der Waals surface area (Å²) in [6.45, 7) is 9.05. The Bertz CT molecular complexity index is 283. The van der Waals surface area contributed by atoms with Crippen molar-refractivity contribution in [2.24, 2.45) is 17.8 Å². The Morgan fingerprint density at radius 2 is 1.89 bits per heavy atom. The molecule has 0 spiro atoms. The van der Waals surface area contributed by atoms with Crippen LogP contribution in [0.3, 0.4) is 0 Å². The molecule has 2 unspecified atom stereocenters. The van der Waals surface area contributed by atoms with Crippen LogP contribution in [0.1, 0.15) is 59.3 Å². The third kappa shape index (κ3) is 3.81. The van der Waals surface area contributed by atoms with E-state index in [-0.39, 0.29) is 0 Å². The molecule has 0 saturated heterocycles. The summed E-state index contributed by atoms with van der Waals surface area (Å²) < 4.78 is 0. The molecule has 2 aliphatic rings. The number of ketones is 1. The van der Waals surface area contributed by atoms with Gasteiger partial charge in [-0.2, -0.15) is 0 Å². The average Bonchev–Trinajstić information content (AvgIpc) is 3.14. The van der Waals surface area contributed by atoms with Gasteiger partial charge in [-0.1, -0.05) is 13.3 Å². The van der Waals surface area contributed by atoms with Gasteiger partial charge in [0.25, 0.3) is 0 Å². The number of rotatable bonds is 6. The SMILES string of the molecule is CCC1CCC(=O)C(CN(CC2CC2)C(C)C)C1. The summed E-state index contributed by atoms with van der Waals surface area (Å²) in [5.41, 5.74) is 0. The van der Waals surface area contributed by atoms with E-state index in [2.05, 4.69) is 25.7 Å². The predicted molar refractivity (Wildman–Crippen MR) is 75.6 cm³/mol. The van der Waals surface area contributed by atoms with Crippen LogP contribution in [-0.2, 0) is 4.79 Å². The van der Waals surface area contributed by atoms with Crippen LogP contribution >= 0.6 is 0 Å². The van der Waals surface area contributed by atoms with Gasteiger partial charge in [-0.3, -0.25) is 9.69 Å². The van der Waals surface area contributed by atoms with Gasteiger partial charge in [0.15, 0.2) is 0 Å². The van der Waals surface area contributed by atoms with Crippen molar-refractivity contribution in [1.29, 1.82) is 0 Å². The minimum absolute atomic E-state index is 0.324. The maximum Gasteiger partial charge on any atom is 0.137 e. The Morgan fingerprint density at radius 1 is 1.17 bits per heavy atom. The van der Waals surface area contributed by atoms with E-state index in [1.807, 2.05) is 0 Å². The van der Waals surface area contributed by atoms with Crippen LogP contribution in [0.2, 0.25) is 0 Å². The molecule has 0 aromatic carbocycles. The first kappa shape index (κ1) is 14.0. The normalized spacial score (nSPS) is 29.3. The van der Waals surface area contributed by atoms with Crippen molar-refractivity contribution < 1.29 is 4.79 Å². The smallest absolute Gasteiger partial charge is 0.137 e. The molecule has 0 heterocycles. The fourth-order valence-electron chi connectivity index (χ4n) is 3.16. The van der Waals surface area contributed by atoms with Crippen molar-refractivity contribution in [1.82, 2.24) is 4.90 Å². The molecule has 0 radical (unpaired) electrons. The summed E-state index contributed by atoms with van der Waals surface area (Å²) >= 11 is 0. The number of hydrogen-bond acceptors (Lipinski definition) is 2. The average molecular weight is 251 g/mol. The Hall–Kier alpha value is -0.370. The van der Waals surface area contributed by atoms with Crippen LogP contribution in [0, 0.1) is 17.8 Å². The molecule has 0 aromatic rings. The zero-order valence-electron chi connectivity index (χ0n) is 12.3. The standard InChI is InChI=1S/C16H29NO/c1-4-13-7-8-16(18)15(9-13)11-17(12(2)3)10-14-5-6-14/h12-15H,4-11H2,1-3H3. The molecule has 0 aliphatic heterocycles. The molecule has 0 amide bonds. The molecule has 2 nitrogen and oxygen atoms in total. The highest BCUT2D eigenvalue weighted by Gasteiger charge is 2.32. The Kier molecular flexibility index (Phi) is 4.83. The molecule has 2 aliphatic carbocycles. The van der Waals surface area contributed by atoms with E-state index in [1.54, 1.807) is 0 Å². The Labute approximate surface area is 112 Å². The van der Waals surface area contributed by atoms with E-state index in [4.69, 9.17) is 0 Å². The number of carbonyl (C=O) groups is 1. The van der Waals surface area contributed by atoms with Crippen LogP contribution in [0.25, 0.3) is 0 Å². The highest BCUT2D eigenvalue weighted by Crippen LogP contribution is 2.33. The molecular formula is C16H29NO. The summed E-state index contributed by atoms with van der Waals surface area (Å²) in [6, 6.07) is 0.584. The molecule has 0 bridgehead atoms. The van der Waals surface area contributed by atoms with E-state index in [0.717, 1.165) is 37.6 Å². The second-order valence-electron chi connectivity index (χ2n) is 6.70. The number of nitrogens with zero attached hydrogens (tertiary/aromatic N) is 1. The van der Waals surface area contributed by atoms with Gasteiger partial charge in [0.05, 0.1) is 0 Å². The van der Waals surface area contributed by atoms with Crippen molar-refractivity contribution in [3.05, 3.63) is 0 Å². The highest BCUT2D eigenvalue weighted by molar-refractivity contribution is 5.81. The molecule has 2 rings (SSSR count). The van der Waals surface area contributed by atoms with Gasteiger partial charge in [0.2, 0.25) is 0 Å². The minimum atomic E-state index is 0.324. The lowest BCUT2D eigenvalue weighted by molar-refractivity contribution is -0.126. The fraction of sp³-hybridized carbons (Fsp3) is 0.938. The van der Waals surface area contributed by atoms with Crippen LogP contribution in [-0.4, -0.2) is 29.8 Å². The van der Waals surface area contributed by atoms with Crippen molar-refractivity contribution >= 4 is 5.78 Å². The maximum atomic E-state index is 12.1. The third-order valence-corrected chi connectivity index (χ3v) is 4.82. The molecule has 2 saturated carbocycles. The van der Waals surface area contributed by atoms with Crippen LogP contribution in [0.5, 0.6) is 0 Å². The van der Waals surface area contributed by atoms with Gasteiger partial charge in [0, 0.05) is 31.5 Å². The monoisotopic (exact) mass is 251 g/mol. The molecular weight excluding hydrogens is 222 g/mol. The quantitative estimate of drug-likeness (QED) is 0.720. The topological polar surface area (TPSA) is 20.3 Å². The van der Waals surface area contributed by atoms with Crippen LogP contribution < -0.4 is 0 Å². The second-order valence-corrected chi connectivity index (χ2v) is 6.70. The van der Waals surface area contributed by atoms with E-state index in [0.29, 0.717) is 17.7 Å². The minimum Gasteiger partial charge on any atom is -0.300 e. The van der Waals surface area contributed by atoms with Crippen molar-refractivity contribution in [2.45, 2.75) is 65.3 Å². The van der Waals surface area contributed by atoms with Crippen molar-refractivity contribution in [3.8, 4) is 0 Å². The van der Waals surface area contributed by atoms with Crippen LogP contribution in [0.4, 0.5) is 0 Å². The summed E-state index contributed by atoms with van der Waals surface area (Å²) in [7, 11) is 0. The molecule has 18 heavy (non-hydrogen) atoms. The van der Waals surface area contributed by atoms with E-state index in [1.165, 1.54) is 25.8 Å². The van der Waals surface area contributed by atoms with Crippen LogP contribution in [0.15, 0.2) is 0 Å². The largest absolute Gasteiger partial charge is 0.300 e. The predicted octanol–water partition coefficient (Wildman–Crippen LogP) is 3.50. The summed E-state index contributed by atoms with van der Waals surface area (Å²) in [4.78, 5) is 14.6. The lowest BCUT2D eigenvalue weighted by Gasteiger charge is -2.34. The van der Waals surface area contributed by atoms with E-state index < -0.39 is 0 Å². The summed E-state index contributed by atoms with van der Waals surface area (Å²) in [5, 5.41) is 0. The summed E-state index contributed by atoms with van der Waals surface area (Å²) in [5.74, 6) is 2.57. The lowest BCUT2D eigenvalue weighted by atomic mass is 9.79. The van der Waals surface area contributed by atoms with E-state index in [9.17, 15) is 4.79 Å². The molecule has 0 aromatic heterocycles. The maximum absolute atomic E-state index is 12.1. The third-order valence-electron chi connectivity index (χ3n) is 4.82. The Morgan fingerprint density at radius 3 is 2.44 bits per heavy atom. The van der Waals surface area contributed by atoms with Gasteiger partial charge in [-0.25, -0.2) is 0 Å². The van der Waals surface area contributed by atoms with Gasteiger partial charge >= 0.3 is 0 Å². The Balaban J connectivity index is 1.89. The summed E-state index contributed by atoms with van der Waals surface area (Å²) in [6.07, 6.45) is 7.16. The van der Waals surface area contributed by atoms with E-state index >= 15 is 0 Å². The molecule has 104 valence electrons. The van der Waals surface area contributed by atoms with Gasteiger partial charge in [-0.05, 0) is 51.4 Å². The number of hydrogen-bond donors (Lipinski definition) is 0. The lowest BCUT2D eigenvalue weighted by Crippen LogP contribution is -2.41. The number of carbonyl (C=O) groups excluding carboxylic acids is 1. The zero-order valence-corrected chi connectivity index (χ0v) is 12.3. The first-order valence-corrected chi connectivity index (χ1v) is 7.86. The van der Waals surface area contributed by atoms with Gasteiger partial charge in [-0.15, -0.1) is 0 Å². The second kappa shape index (κ2) is 6.18. The highest BCUT2D eigenvalue weighted by atomic mass is 16.1. The fourth-order valence-corrected chi connectivity index (χ4v) is 3.16. The molecule has 2 heteroatoms. The molecule has 2 fully saturated rings. The van der Waals surface area contributed by atoms with Crippen molar-refractivity contribution in [3.63, 3.8) is 0 Å². The first-order valence-electron chi connectivity index (χ1n) is 7.86. The first-order chi connectivity index (χ1) is 8.60. The van der Waals surface area contributed by atoms with Gasteiger partial charge < -0.3 is 0 Å². The zero-order chi connectivity index (χ0) is 13.1. The number of Topliss-reactive ketones (excluding diaryl/α,β-unsaturated/α-hetero) is 1. The molecule has 0 N–H and O–H groups in total. The van der Waals surface area contributed by atoms with Crippen molar-refractivity contribution in [2.75, 3.05) is 13.1 Å². The molecule has 2 atom stereocenters. The van der Waals surface area contributed by atoms with Gasteiger partial charge in [0.1, 0.15) is 5.78 Å².